The van der Waals surface area contributed by atoms with Crippen molar-refractivity contribution in [1.29, 1.82) is 0 Å². The van der Waals surface area contributed by atoms with Gasteiger partial charge in [0.15, 0.2) is 0 Å². The third kappa shape index (κ3) is 9.82. The molecular weight excluding hydrogens is 297 g/mol. The van der Waals surface area contributed by atoms with E-state index in [0.29, 0.717) is 18.1 Å². The summed E-state index contributed by atoms with van der Waals surface area (Å²) < 4.78 is 0. The number of carboxylic acids is 1. The van der Waals surface area contributed by atoms with Gasteiger partial charge in [0.1, 0.15) is 5.54 Å². The van der Waals surface area contributed by atoms with Gasteiger partial charge >= 0.3 is 5.97 Å². The predicted octanol–water partition coefficient (Wildman–Crippen LogP) is 1.52. The number of hydrogen-bond donors (Lipinski definition) is 3. The fourth-order valence-electron chi connectivity index (χ4n) is 0.898. The summed E-state index contributed by atoms with van der Waals surface area (Å²) in [6, 6.07) is 0. The average Bonchev–Trinajstić information content (AvgIpc) is 2.17. The summed E-state index contributed by atoms with van der Waals surface area (Å²) in [5, 5.41) is 9.12. The van der Waals surface area contributed by atoms with E-state index < -0.39 is 11.5 Å². The van der Waals surface area contributed by atoms with Crippen molar-refractivity contribution in [1.82, 2.24) is 0 Å². The van der Waals surface area contributed by atoms with E-state index >= 15 is 0 Å². The minimum absolute atomic E-state index is 0. The van der Waals surface area contributed by atoms with Crippen molar-refractivity contribution < 1.29 is 9.90 Å². The molecule has 0 bridgehead atoms. The lowest BCUT2D eigenvalue weighted by atomic mass is 10.1. The second-order valence-electron chi connectivity index (χ2n) is 4.05. The average molecular weight is 320 g/mol. The van der Waals surface area contributed by atoms with E-state index in [1.54, 1.807) is 6.92 Å². The summed E-state index contributed by atoms with van der Waals surface area (Å²) in [6.07, 6.45) is 0.914. The molecule has 8 heteroatoms. The smallest absolute Gasteiger partial charge is 0.324 e. The van der Waals surface area contributed by atoms with E-state index in [1.807, 2.05) is 6.92 Å². The fraction of sp³-hybridized carbons (Fsp3) is 0.800. The van der Waals surface area contributed by atoms with Gasteiger partial charge in [-0.15, -0.1) is 24.8 Å². The molecule has 0 spiro atoms. The topological polar surface area (TPSA) is 102 Å². The van der Waals surface area contributed by atoms with Gasteiger partial charge in [0.2, 0.25) is 0 Å². The summed E-state index contributed by atoms with van der Waals surface area (Å²) in [4.78, 5) is 14.9. The van der Waals surface area contributed by atoms with Crippen molar-refractivity contribution >= 4 is 48.4 Å². The molecular formula is C10H23Cl2N3O2S. The van der Waals surface area contributed by atoms with E-state index in [2.05, 4.69) is 4.99 Å². The van der Waals surface area contributed by atoms with Crippen molar-refractivity contribution in [3.05, 3.63) is 0 Å². The number of rotatable bonds is 7. The maximum atomic E-state index is 10.8. The van der Waals surface area contributed by atoms with Crippen LogP contribution in [0.25, 0.3) is 0 Å². The normalized spacial score (nSPS) is 15.9. The molecule has 1 unspecified atom stereocenters. The Labute approximate surface area is 125 Å². The number of halogens is 2. The number of nitrogens with two attached hydrogens (primary N) is 2. The number of carbonyl (C=O) groups is 1. The first-order chi connectivity index (χ1) is 7.29. The van der Waals surface area contributed by atoms with Crippen LogP contribution in [0.15, 0.2) is 4.99 Å². The molecule has 0 amide bonds. The molecule has 0 saturated heterocycles. The zero-order valence-corrected chi connectivity index (χ0v) is 13.3. The van der Waals surface area contributed by atoms with Crippen LogP contribution < -0.4 is 11.5 Å². The number of nitrogens with zero attached hydrogens (tertiary/aromatic N) is 1. The number of aliphatic imine (C=N–C) groups is 1. The SMILES string of the molecule is CCC(CN=C(C)N)SC[C@](C)(N)C(=O)O.Cl.Cl. The highest BCUT2D eigenvalue weighted by molar-refractivity contribution is 8.00. The molecule has 18 heavy (non-hydrogen) atoms. The van der Waals surface area contributed by atoms with Crippen molar-refractivity contribution in [2.24, 2.45) is 16.5 Å². The lowest BCUT2D eigenvalue weighted by molar-refractivity contribution is -0.141. The van der Waals surface area contributed by atoms with Crippen LogP contribution in [-0.4, -0.2) is 40.0 Å². The second kappa shape index (κ2) is 10.7. The molecule has 0 aromatic rings. The molecule has 2 atom stereocenters. The molecule has 0 aliphatic carbocycles. The Morgan fingerprint density at radius 1 is 1.50 bits per heavy atom. The Bertz CT molecular complexity index is 272. The van der Waals surface area contributed by atoms with Crippen LogP contribution in [0.1, 0.15) is 27.2 Å². The Morgan fingerprint density at radius 3 is 2.33 bits per heavy atom. The first-order valence-electron chi connectivity index (χ1n) is 5.20. The van der Waals surface area contributed by atoms with E-state index in [4.69, 9.17) is 16.6 Å². The van der Waals surface area contributed by atoms with E-state index in [0.717, 1.165) is 6.42 Å². The maximum Gasteiger partial charge on any atom is 0.324 e. The van der Waals surface area contributed by atoms with Crippen LogP contribution in [0.3, 0.4) is 0 Å². The van der Waals surface area contributed by atoms with Gasteiger partial charge in [-0.05, 0) is 20.3 Å². The first-order valence-corrected chi connectivity index (χ1v) is 6.25. The van der Waals surface area contributed by atoms with Gasteiger partial charge < -0.3 is 16.6 Å². The zero-order valence-electron chi connectivity index (χ0n) is 10.9. The zero-order chi connectivity index (χ0) is 12.8. The molecule has 0 rings (SSSR count). The lowest BCUT2D eigenvalue weighted by Gasteiger charge is -2.21. The number of carboxylic acid groups (broad SMARTS) is 1. The highest BCUT2D eigenvalue weighted by atomic mass is 35.5. The number of aliphatic carboxylic acids is 1. The largest absolute Gasteiger partial charge is 0.480 e. The van der Waals surface area contributed by atoms with Crippen LogP contribution in [0, 0.1) is 0 Å². The van der Waals surface area contributed by atoms with Crippen molar-refractivity contribution in [2.45, 2.75) is 38.0 Å². The minimum atomic E-state index is -1.18. The predicted molar refractivity (Wildman–Crippen MR) is 83.4 cm³/mol. The van der Waals surface area contributed by atoms with Gasteiger partial charge in [-0.25, -0.2) is 0 Å². The van der Waals surface area contributed by atoms with Gasteiger partial charge in [0.25, 0.3) is 0 Å². The van der Waals surface area contributed by atoms with Crippen LogP contribution in [-0.2, 0) is 4.79 Å². The molecule has 0 heterocycles. The van der Waals surface area contributed by atoms with E-state index in [9.17, 15) is 4.79 Å². The molecule has 0 aromatic carbocycles. The number of thioether (sulfide) groups is 1. The van der Waals surface area contributed by atoms with Crippen molar-refractivity contribution in [3.63, 3.8) is 0 Å². The lowest BCUT2D eigenvalue weighted by Crippen LogP contribution is -2.47. The van der Waals surface area contributed by atoms with Crippen LogP contribution >= 0.6 is 36.6 Å². The van der Waals surface area contributed by atoms with Crippen molar-refractivity contribution in [2.75, 3.05) is 12.3 Å². The van der Waals surface area contributed by atoms with Crippen molar-refractivity contribution in [3.8, 4) is 0 Å². The van der Waals surface area contributed by atoms with Gasteiger partial charge in [-0.1, -0.05) is 6.92 Å². The molecule has 0 saturated carbocycles. The number of hydrogen-bond acceptors (Lipinski definition) is 4. The molecule has 110 valence electrons. The molecule has 0 fully saturated rings. The van der Waals surface area contributed by atoms with E-state index in [1.165, 1.54) is 18.7 Å². The van der Waals surface area contributed by atoms with Crippen LogP contribution in [0.5, 0.6) is 0 Å². The monoisotopic (exact) mass is 319 g/mol. The number of amidine groups is 1. The third-order valence-electron chi connectivity index (χ3n) is 2.11. The molecule has 0 aliphatic rings. The highest BCUT2D eigenvalue weighted by Gasteiger charge is 2.28. The Kier molecular flexibility index (Phi) is 13.7. The van der Waals surface area contributed by atoms with Gasteiger partial charge in [-0.2, -0.15) is 11.8 Å². The van der Waals surface area contributed by atoms with Crippen LogP contribution in [0.4, 0.5) is 0 Å². The quantitative estimate of drug-likeness (QED) is 0.488. The summed E-state index contributed by atoms with van der Waals surface area (Å²) >= 11 is 1.53. The Balaban J connectivity index is -0.00000112. The summed E-state index contributed by atoms with van der Waals surface area (Å²) in [7, 11) is 0. The Morgan fingerprint density at radius 2 is 2.00 bits per heavy atom. The first kappa shape index (κ1) is 23.0. The minimum Gasteiger partial charge on any atom is -0.480 e. The summed E-state index contributed by atoms with van der Waals surface area (Å²) in [5.74, 6) is -0.0545. The highest BCUT2D eigenvalue weighted by Crippen LogP contribution is 2.19. The Hall–Kier alpha value is -0.170. The van der Waals surface area contributed by atoms with Crippen LogP contribution in [0.2, 0.25) is 0 Å². The molecule has 0 aliphatic heterocycles. The molecule has 5 nitrogen and oxygen atoms in total. The molecule has 5 N–H and O–H groups in total. The van der Waals surface area contributed by atoms with Gasteiger partial charge in [0, 0.05) is 11.0 Å². The maximum absolute atomic E-state index is 10.8. The van der Waals surface area contributed by atoms with E-state index in [-0.39, 0.29) is 30.1 Å². The standard InChI is InChI=1S/C10H21N3O2S.2ClH/c1-4-8(5-13-7(2)11)16-6-10(3,12)9(14)15;;/h8H,4-6,12H2,1-3H3,(H2,11,13)(H,14,15);2*1H/t8?,10-;;/m0../s1. The molecule has 0 radical (unpaired) electrons. The molecule has 0 aromatic heterocycles. The second-order valence-corrected chi connectivity index (χ2v) is 5.33. The van der Waals surface area contributed by atoms with Gasteiger partial charge in [0.05, 0.1) is 12.4 Å². The summed E-state index contributed by atoms with van der Waals surface area (Å²) in [6.45, 7) is 5.90. The summed E-state index contributed by atoms with van der Waals surface area (Å²) in [5.41, 5.74) is 9.90. The third-order valence-corrected chi connectivity index (χ3v) is 3.83. The fourth-order valence-corrected chi connectivity index (χ4v) is 2.02. The van der Waals surface area contributed by atoms with Gasteiger partial charge in [-0.3, -0.25) is 9.79 Å².